The number of benzene rings is 1. The molecule has 0 spiro atoms. The molecule has 0 unspecified atom stereocenters. The summed E-state index contributed by atoms with van der Waals surface area (Å²) in [7, 11) is 1.28. The third kappa shape index (κ3) is 1.24. The Morgan fingerprint density at radius 1 is 1.57 bits per heavy atom. The number of carbonyl (C=O) groups is 1. The molecule has 2 rings (SSSR count). The van der Waals surface area contributed by atoms with Crippen LogP contribution in [-0.4, -0.2) is 18.2 Å². The van der Waals surface area contributed by atoms with Crippen molar-refractivity contribution < 1.29 is 14.1 Å². The molecule has 1 aromatic heterocycles. The van der Waals surface area contributed by atoms with E-state index in [2.05, 4.69) is 9.89 Å². The second-order valence-electron chi connectivity index (χ2n) is 2.64. The molecule has 4 nitrogen and oxygen atoms in total. The Bertz CT molecular complexity index is 492. The van der Waals surface area contributed by atoms with Gasteiger partial charge >= 0.3 is 5.97 Å². The standard InChI is InChI=1S/C9H6ClNO3/c1-13-9(12)8-5-3-2-4-6(10)7(5)11-14-8/h2-4H,1H3. The zero-order valence-electron chi connectivity index (χ0n) is 7.28. The van der Waals surface area contributed by atoms with Crippen molar-refractivity contribution in [3.8, 4) is 0 Å². The molecular formula is C9H6ClNO3. The molecular weight excluding hydrogens is 206 g/mol. The fourth-order valence-corrected chi connectivity index (χ4v) is 1.38. The monoisotopic (exact) mass is 211 g/mol. The molecule has 0 amide bonds. The second-order valence-corrected chi connectivity index (χ2v) is 3.05. The Kier molecular flexibility index (Phi) is 2.13. The zero-order valence-corrected chi connectivity index (χ0v) is 8.04. The first kappa shape index (κ1) is 9.02. The van der Waals surface area contributed by atoms with Crippen LogP contribution in [-0.2, 0) is 4.74 Å². The number of ether oxygens (including phenoxy) is 1. The summed E-state index contributed by atoms with van der Waals surface area (Å²) in [5.74, 6) is -0.486. The Balaban J connectivity index is 2.70. The number of fused-ring (bicyclic) bond motifs is 1. The van der Waals surface area contributed by atoms with Crippen LogP contribution in [0.1, 0.15) is 10.6 Å². The summed E-state index contributed by atoms with van der Waals surface area (Å²) in [5, 5.41) is 4.68. The van der Waals surface area contributed by atoms with Gasteiger partial charge in [-0.25, -0.2) is 4.79 Å². The number of aromatic nitrogens is 1. The van der Waals surface area contributed by atoms with Gasteiger partial charge in [0.15, 0.2) is 0 Å². The highest BCUT2D eigenvalue weighted by Crippen LogP contribution is 2.25. The van der Waals surface area contributed by atoms with Crippen LogP contribution in [0.3, 0.4) is 0 Å². The number of hydrogen-bond donors (Lipinski definition) is 0. The normalized spacial score (nSPS) is 10.4. The summed E-state index contributed by atoms with van der Waals surface area (Å²) < 4.78 is 9.37. The fourth-order valence-electron chi connectivity index (χ4n) is 1.17. The Morgan fingerprint density at radius 2 is 2.36 bits per heavy atom. The topological polar surface area (TPSA) is 52.3 Å². The summed E-state index contributed by atoms with van der Waals surface area (Å²) in [6.45, 7) is 0. The molecule has 1 heterocycles. The highest BCUT2D eigenvalue weighted by molar-refractivity contribution is 6.35. The van der Waals surface area contributed by atoms with E-state index in [4.69, 9.17) is 16.1 Å². The van der Waals surface area contributed by atoms with Crippen molar-refractivity contribution in [1.29, 1.82) is 0 Å². The lowest BCUT2D eigenvalue weighted by Crippen LogP contribution is -1.99. The maximum Gasteiger partial charge on any atom is 0.377 e. The first-order valence-corrected chi connectivity index (χ1v) is 4.24. The van der Waals surface area contributed by atoms with Gasteiger partial charge in [-0.15, -0.1) is 0 Å². The Hall–Kier alpha value is -1.55. The van der Waals surface area contributed by atoms with Crippen LogP contribution in [0.4, 0.5) is 0 Å². The predicted octanol–water partition coefficient (Wildman–Crippen LogP) is 2.27. The maximum atomic E-state index is 11.2. The number of carbonyl (C=O) groups excluding carboxylic acids is 1. The summed E-state index contributed by atoms with van der Waals surface area (Å²) in [4.78, 5) is 11.2. The molecule has 0 N–H and O–H groups in total. The van der Waals surface area contributed by atoms with E-state index in [0.717, 1.165) is 0 Å². The van der Waals surface area contributed by atoms with E-state index in [1.807, 2.05) is 0 Å². The van der Waals surface area contributed by atoms with E-state index in [9.17, 15) is 4.79 Å². The van der Waals surface area contributed by atoms with Gasteiger partial charge in [0.1, 0.15) is 5.52 Å². The summed E-state index contributed by atoms with van der Waals surface area (Å²) in [6.07, 6.45) is 0. The lowest BCUT2D eigenvalue weighted by Gasteiger charge is -1.93. The van der Waals surface area contributed by atoms with E-state index in [1.165, 1.54) is 7.11 Å². The molecule has 0 aliphatic carbocycles. The van der Waals surface area contributed by atoms with Crippen molar-refractivity contribution in [2.24, 2.45) is 0 Å². The first-order chi connectivity index (χ1) is 6.74. The Labute approximate surface area is 84.4 Å². The number of halogens is 1. The van der Waals surface area contributed by atoms with Crippen LogP contribution in [0.25, 0.3) is 10.9 Å². The highest BCUT2D eigenvalue weighted by Gasteiger charge is 2.17. The van der Waals surface area contributed by atoms with Gasteiger partial charge in [-0.2, -0.15) is 0 Å². The van der Waals surface area contributed by atoms with Crippen LogP contribution in [0.2, 0.25) is 5.02 Å². The second kappa shape index (κ2) is 3.31. The molecule has 0 saturated heterocycles. The average molecular weight is 212 g/mol. The summed E-state index contributed by atoms with van der Waals surface area (Å²) >= 11 is 5.84. The van der Waals surface area contributed by atoms with Gasteiger partial charge in [0.2, 0.25) is 0 Å². The van der Waals surface area contributed by atoms with E-state index in [-0.39, 0.29) is 5.76 Å². The molecule has 0 aliphatic rings. The minimum atomic E-state index is -0.560. The molecule has 14 heavy (non-hydrogen) atoms. The first-order valence-electron chi connectivity index (χ1n) is 3.86. The van der Waals surface area contributed by atoms with E-state index >= 15 is 0 Å². The molecule has 0 fully saturated rings. The van der Waals surface area contributed by atoms with E-state index < -0.39 is 5.97 Å². The third-order valence-electron chi connectivity index (χ3n) is 1.83. The zero-order chi connectivity index (χ0) is 10.1. The molecule has 1 aromatic carbocycles. The summed E-state index contributed by atoms with van der Waals surface area (Å²) in [5.41, 5.74) is 0.467. The number of methoxy groups -OCH3 is 1. The SMILES string of the molecule is COC(=O)c1onc2c(Cl)cccc12. The van der Waals surface area contributed by atoms with E-state index in [0.29, 0.717) is 15.9 Å². The van der Waals surface area contributed by atoms with Gasteiger partial charge in [-0.1, -0.05) is 22.8 Å². The predicted molar refractivity (Wildman–Crippen MR) is 50.4 cm³/mol. The van der Waals surface area contributed by atoms with Crippen LogP contribution in [0.5, 0.6) is 0 Å². The molecule has 0 saturated carbocycles. The van der Waals surface area contributed by atoms with Crippen molar-refractivity contribution in [3.63, 3.8) is 0 Å². The highest BCUT2D eigenvalue weighted by atomic mass is 35.5. The fraction of sp³-hybridized carbons (Fsp3) is 0.111. The number of esters is 1. The van der Waals surface area contributed by atoms with Gasteiger partial charge < -0.3 is 9.26 Å². The third-order valence-corrected chi connectivity index (χ3v) is 2.14. The maximum absolute atomic E-state index is 11.2. The largest absolute Gasteiger partial charge is 0.463 e. The molecule has 2 aromatic rings. The quantitative estimate of drug-likeness (QED) is 0.679. The van der Waals surface area contributed by atoms with Crippen molar-refractivity contribution >= 4 is 28.5 Å². The summed E-state index contributed by atoms with van der Waals surface area (Å²) in [6, 6.07) is 5.09. The van der Waals surface area contributed by atoms with Crippen LogP contribution >= 0.6 is 11.6 Å². The van der Waals surface area contributed by atoms with Gasteiger partial charge in [-0.05, 0) is 12.1 Å². The smallest absolute Gasteiger partial charge is 0.377 e. The van der Waals surface area contributed by atoms with E-state index in [1.54, 1.807) is 18.2 Å². The van der Waals surface area contributed by atoms with Crippen molar-refractivity contribution in [2.75, 3.05) is 7.11 Å². The number of nitrogens with zero attached hydrogens (tertiary/aromatic N) is 1. The van der Waals surface area contributed by atoms with Crippen molar-refractivity contribution in [2.45, 2.75) is 0 Å². The molecule has 0 aliphatic heterocycles. The van der Waals surface area contributed by atoms with Crippen molar-refractivity contribution in [3.05, 3.63) is 29.0 Å². The molecule has 0 radical (unpaired) electrons. The van der Waals surface area contributed by atoms with Crippen LogP contribution in [0.15, 0.2) is 22.7 Å². The van der Waals surface area contributed by atoms with Gasteiger partial charge in [0, 0.05) is 0 Å². The van der Waals surface area contributed by atoms with Crippen LogP contribution in [0, 0.1) is 0 Å². The molecule has 0 atom stereocenters. The average Bonchev–Trinajstić information content (AvgIpc) is 2.62. The lowest BCUT2D eigenvalue weighted by molar-refractivity contribution is 0.0558. The van der Waals surface area contributed by atoms with Crippen molar-refractivity contribution in [1.82, 2.24) is 5.16 Å². The number of rotatable bonds is 1. The lowest BCUT2D eigenvalue weighted by atomic mass is 10.2. The molecule has 5 heteroatoms. The van der Waals surface area contributed by atoms with Gasteiger partial charge in [0.25, 0.3) is 5.76 Å². The number of hydrogen-bond acceptors (Lipinski definition) is 4. The molecule has 0 bridgehead atoms. The Morgan fingerprint density at radius 3 is 3.07 bits per heavy atom. The van der Waals surface area contributed by atoms with Crippen LogP contribution < -0.4 is 0 Å². The minimum absolute atomic E-state index is 0.0741. The molecule has 72 valence electrons. The van der Waals surface area contributed by atoms with Gasteiger partial charge in [-0.3, -0.25) is 0 Å². The minimum Gasteiger partial charge on any atom is -0.463 e. The van der Waals surface area contributed by atoms with Gasteiger partial charge in [0.05, 0.1) is 17.5 Å².